The fraction of sp³-hybridized carbons (Fsp3) is 0.273. The molecule has 0 unspecified atom stereocenters. The minimum Gasteiger partial charge on any atom is -0.479 e. The minimum absolute atomic E-state index is 0.169. The predicted molar refractivity (Wildman–Crippen MR) is 109 cm³/mol. The van der Waals surface area contributed by atoms with Crippen molar-refractivity contribution in [1.82, 2.24) is 4.90 Å². The Balaban J connectivity index is 1.39. The number of anilines is 2. The second kappa shape index (κ2) is 7.98. The molecule has 2 aromatic carbocycles. The summed E-state index contributed by atoms with van der Waals surface area (Å²) >= 11 is 0. The van der Waals surface area contributed by atoms with Gasteiger partial charge in [-0.1, -0.05) is 30.3 Å². The molecule has 1 fully saturated rings. The van der Waals surface area contributed by atoms with Crippen LogP contribution in [0.1, 0.15) is 31.2 Å². The average molecular weight is 407 g/mol. The molecule has 154 valence electrons. The van der Waals surface area contributed by atoms with E-state index >= 15 is 0 Å². The summed E-state index contributed by atoms with van der Waals surface area (Å²) in [5.41, 5.74) is 1.82. The molecule has 4 amide bonds. The van der Waals surface area contributed by atoms with Gasteiger partial charge in [0.1, 0.15) is 12.3 Å². The van der Waals surface area contributed by atoms with Crippen LogP contribution in [-0.4, -0.2) is 41.2 Å². The number of nitrogens with one attached hydrogen (secondary N) is 2. The molecule has 2 aliphatic heterocycles. The number of hydrogen-bond acceptors (Lipinski definition) is 5. The molecular formula is C22H21N3O5. The van der Waals surface area contributed by atoms with Gasteiger partial charge in [0.05, 0.1) is 5.69 Å². The van der Waals surface area contributed by atoms with E-state index in [1.54, 1.807) is 25.1 Å². The molecule has 0 aromatic heterocycles. The van der Waals surface area contributed by atoms with Gasteiger partial charge < -0.3 is 15.4 Å². The maximum atomic E-state index is 12.5. The SMILES string of the molecule is C[C@H]1Oc2ccc(NC(=O)CN3C(=O)CC(c4ccccc4)CC3=O)cc2NC1=O. The lowest BCUT2D eigenvalue weighted by Gasteiger charge is -2.30. The summed E-state index contributed by atoms with van der Waals surface area (Å²) in [6, 6.07) is 14.3. The van der Waals surface area contributed by atoms with Gasteiger partial charge in [-0.15, -0.1) is 0 Å². The summed E-state index contributed by atoms with van der Waals surface area (Å²) in [4.78, 5) is 50.2. The molecule has 1 atom stereocenters. The van der Waals surface area contributed by atoms with E-state index in [2.05, 4.69) is 10.6 Å². The van der Waals surface area contributed by atoms with E-state index in [1.807, 2.05) is 30.3 Å². The highest BCUT2D eigenvalue weighted by Gasteiger charge is 2.34. The Morgan fingerprint density at radius 3 is 2.50 bits per heavy atom. The number of carbonyl (C=O) groups is 4. The van der Waals surface area contributed by atoms with Gasteiger partial charge in [-0.05, 0) is 30.7 Å². The molecule has 2 heterocycles. The van der Waals surface area contributed by atoms with Crippen molar-refractivity contribution < 1.29 is 23.9 Å². The largest absolute Gasteiger partial charge is 0.479 e. The fourth-order valence-corrected chi connectivity index (χ4v) is 3.62. The van der Waals surface area contributed by atoms with E-state index in [4.69, 9.17) is 4.74 Å². The second-order valence-corrected chi connectivity index (χ2v) is 7.40. The van der Waals surface area contributed by atoms with E-state index < -0.39 is 12.0 Å². The maximum absolute atomic E-state index is 12.5. The number of amides is 4. The third kappa shape index (κ3) is 4.03. The molecule has 2 N–H and O–H groups in total. The molecule has 8 nitrogen and oxygen atoms in total. The van der Waals surface area contributed by atoms with Crippen LogP contribution in [0.5, 0.6) is 5.75 Å². The number of nitrogens with zero attached hydrogens (tertiary/aromatic N) is 1. The summed E-state index contributed by atoms with van der Waals surface area (Å²) in [5.74, 6) is -1.16. The molecule has 1 saturated heterocycles. The summed E-state index contributed by atoms with van der Waals surface area (Å²) in [5, 5.41) is 5.36. The zero-order chi connectivity index (χ0) is 21.3. The van der Waals surface area contributed by atoms with E-state index in [0.717, 1.165) is 10.5 Å². The third-order valence-electron chi connectivity index (χ3n) is 5.21. The van der Waals surface area contributed by atoms with Crippen molar-refractivity contribution in [2.24, 2.45) is 0 Å². The molecule has 0 bridgehead atoms. The molecule has 2 aliphatic rings. The molecule has 8 heteroatoms. The standard InChI is InChI=1S/C22H21N3O5/c1-13-22(29)24-17-11-16(7-8-18(17)30-13)23-19(26)12-25-20(27)9-15(10-21(25)28)14-5-3-2-4-6-14/h2-8,11,13,15H,9-10,12H2,1H3,(H,23,26)(H,24,29)/t13-/m1/s1. The number of carbonyl (C=O) groups excluding carboxylic acids is 4. The molecule has 2 aromatic rings. The zero-order valence-corrected chi connectivity index (χ0v) is 16.4. The maximum Gasteiger partial charge on any atom is 0.265 e. The van der Waals surface area contributed by atoms with Gasteiger partial charge in [0.2, 0.25) is 17.7 Å². The van der Waals surface area contributed by atoms with Crippen molar-refractivity contribution in [1.29, 1.82) is 0 Å². The first-order valence-electron chi connectivity index (χ1n) is 9.70. The van der Waals surface area contributed by atoms with Crippen molar-refractivity contribution in [3.8, 4) is 5.75 Å². The van der Waals surface area contributed by atoms with Crippen LogP contribution in [0.3, 0.4) is 0 Å². The first kappa shape index (κ1) is 19.6. The minimum atomic E-state index is -0.589. The molecule has 30 heavy (non-hydrogen) atoms. The van der Waals surface area contributed by atoms with Gasteiger partial charge in [-0.3, -0.25) is 24.1 Å². The van der Waals surface area contributed by atoms with Crippen LogP contribution in [0.15, 0.2) is 48.5 Å². The lowest BCUT2D eigenvalue weighted by Crippen LogP contribution is -2.46. The van der Waals surface area contributed by atoms with Crippen molar-refractivity contribution in [3.63, 3.8) is 0 Å². The Labute approximate surface area is 173 Å². The lowest BCUT2D eigenvalue weighted by atomic mass is 9.88. The van der Waals surface area contributed by atoms with E-state index in [1.165, 1.54) is 0 Å². The van der Waals surface area contributed by atoms with Crippen molar-refractivity contribution >= 4 is 35.0 Å². The second-order valence-electron chi connectivity index (χ2n) is 7.40. The van der Waals surface area contributed by atoms with Gasteiger partial charge in [-0.25, -0.2) is 0 Å². The number of benzene rings is 2. The highest BCUT2D eigenvalue weighted by molar-refractivity contribution is 6.04. The van der Waals surface area contributed by atoms with Gasteiger partial charge in [0.15, 0.2) is 6.10 Å². The Kier molecular flexibility index (Phi) is 5.22. The van der Waals surface area contributed by atoms with Crippen LogP contribution >= 0.6 is 0 Å². The van der Waals surface area contributed by atoms with Crippen molar-refractivity contribution in [2.75, 3.05) is 17.2 Å². The van der Waals surface area contributed by atoms with Crippen LogP contribution < -0.4 is 15.4 Å². The Morgan fingerprint density at radius 1 is 1.10 bits per heavy atom. The number of imide groups is 1. The summed E-state index contributed by atoms with van der Waals surface area (Å²) in [6.07, 6.45) is -0.221. The van der Waals surface area contributed by atoms with Crippen LogP contribution in [0, 0.1) is 0 Å². The van der Waals surface area contributed by atoms with Gasteiger partial charge in [0, 0.05) is 24.4 Å². The van der Waals surface area contributed by atoms with E-state index in [-0.39, 0.29) is 43.0 Å². The van der Waals surface area contributed by atoms with Gasteiger partial charge in [-0.2, -0.15) is 0 Å². The normalized spacial score (nSPS) is 19.0. The number of ether oxygens (including phenoxy) is 1. The smallest absolute Gasteiger partial charge is 0.265 e. The monoisotopic (exact) mass is 407 g/mol. The number of rotatable bonds is 4. The zero-order valence-electron chi connectivity index (χ0n) is 16.4. The Morgan fingerprint density at radius 2 is 1.80 bits per heavy atom. The van der Waals surface area contributed by atoms with Crippen LogP contribution in [0.2, 0.25) is 0 Å². The number of fused-ring (bicyclic) bond motifs is 1. The van der Waals surface area contributed by atoms with Crippen LogP contribution in [0.25, 0.3) is 0 Å². The highest BCUT2D eigenvalue weighted by Crippen LogP contribution is 2.32. The first-order chi connectivity index (χ1) is 14.4. The molecule has 0 saturated carbocycles. The molecule has 0 radical (unpaired) electrons. The topological polar surface area (TPSA) is 105 Å². The molecular weight excluding hydrogens is 386 g/mol. The Bertz CT molecular complexity index is 1000. The quantitative estimate of drug-likeness (QED) is 0.757. The summed E-state index contributed by atoms with van der Waals surface area (Å²) < 4.78 is 5.48. The van der Waals surface area contributed by atoms with Crippen molar-refractivity contribution in [3.05, 3.63) is 54.1 Å². The number of piperidine rings is 1. The number of hydrogen-bond donors (Lipinski definition) is 2. The number of likely N-dealkylation sites (tertiary alicyclic amines) is 1. The van der Waals surface area contributed by atoms with Crippen molar-refractivity contribution in [2.45, 2.75) is 31.8 Å². The van der Waals surface area contributed by atoms with Gasteiger partial charge >= 0.3 is 0 Å². The average Bonchev–Trinajstić information content (AvgIpc) is 2.72. The summed E-state index contributed by atoms with van der Waals surface area (Å²) in [7, 11) is 0. The van der Waals surface area contributed by atoms with E-state index in [9.17, 15) is 19.2 Å². The lowest BCUT2D eigenvalue weighted by molar-refractivity contribution is -0.150. The first-order valence-corrected chi connectivity index (χ1v) is 9.70. The molecule has 0 aliphatic carbocycles. The molecule has 0 spiro atoms. The van der Waals surface area contributed by atoms with Gasteiger partial charge in [0.25, 0.3) is 5.91 Å². The van der Waals surface area contributed by atoms with Crippen LogP contribution in [0.4, 0.5) is 11.4 Å². The third-order valence-corrected chi connectivity index (χ3v) is 5.21. The predicted octanol–water partition coefficient (Wildman–Crippen LogP) is 2.28. The molecule has 4 rings (SSSR count). The Hall–Kier alpha value is -3.68. The fourth-order valence-electron chi connectivity index (χ4n) is 3.62. The van der Waals surface area contributed by atoms with Crippen LogP contribution in [-0.2, 0) is 19.2 Å². The highest BCUT2D eigenvalue weighted by atomic mass is 16.5. The summed E-state index contributed by atoms with van der Waals surface area (Å²) in [6.45, 7) is 1.29. The van der Waals surface area contributed by atoms with E-state index in [0.29, 0.717) is 17.1 Å².